The fourth-order valence-corrected chi connectivity index (χ4v) is 4.61. The Balaban J connectivity index is 1.41. The number of carbonyl (C=O) groups is 3. The summed E-state index contributed by atoms with van der Waals surface area (Å²) in [6.07, 6.45) is 3.17. The maximum atomic E-state index is 12.8. The van der Waals surface area contributed by atoms with Crippen LogP contribution >= 0.6 is 11.9 Å². The minimum Gasteiger partial charge on any atom is -0.444 e. The van der Waals surface area contributed by atoms with E-state index in [2.05, 4.69) is 10.6 Å². The van der Waals surface area contributed by atoms with Gasteiger partial charge in [-0.05, 0) is 75.9 Å². The zero-order chi connectivity index (χ0) is 22.2. The molecule has 0 saturated carbocycles. The molecule has 0 aliphatic carbocycles. The Morgan fingerprint density at radius 1 is 1.29 bits per heavy atom. The molecule has 0 spiro atoms. The van der Waals surface area contributed by atoms with Crippen molar-refractivity contribution in [2.45, 2.75) is 50.2 Å². The Hall–Kier alpha value is -2.94. The van der Waals surface area contributed by atoms with Crippen LogP contribution < -0.4 is 10.6 Å². The summed E-state index contributed by atoms with van der Waals surface area (Å²) in [5.41, 5.74) is 1.05. The summed E-state index contributed by atoms with van der Waals surface area (Å²) in [7, 11) is 0. The number of amides is 3. The average molecular weight is 443 g/mol. The van der Waals surface area contributed by atoms with Crippen LogP contribution in [0, 0.1) is 0 Å². The van der Waals surface area contributed by atoms with E-state index in [1.165, 1.54) is 11.9 Å². The van der Waals surface area contributed by atoms with E-state index in [4.69, 9.17) is 4.74 Å². The van der Waals surface area contributed by atoms with Crippen LogP contribution in [0.1, 0.15) is 54.5 Å². The highest BCUT2D eigenvalue weighted by Gasteiger charge is 2.32. The lowest BCUT2D eigenvalue weighted by Crippen LogP contribution is -2.45. The van der Waals surface area contributed by atoms with Gasteiger partial charge in [-0.1, -0.05) is 0 Å². The third kappa shape index (κ3) is 4.71. The van der Waals surface area contributed by atoms with Gasteiger partial charge in [-0.3, -0.25) is 13.6 Å². The van der Waals surface area contributed by atoms with Crippen LogP contribution in [-0.4, -0.2) is 51.5 Å². The topological polar surface area (TPSA) is 92.7 Å². The fourth-order valence-electron chi connectivity index (χ4n) is 3.68. The van der Waals surface area contributed by atoms with Crippen molar-refractivity contribution in [3.63, 3.8) is 0 Å². The Morgan fingerprint density at radius 2 is 2.10 bits per heavy atom. The molecule has 9 heteroatoms. The molecule has 4 rings (SSSR count). The van der Waals surface area contributed by atoms with Gasteiger partial charge in [-0.2, -0.15) is 0 Å². The maximum Gasteiger partial charge on any atom is 0.410 e. The van der Waals surface area contributed by atoms with Crippen molar-refractivity contribution < 1.29 is 19.1 Å². The monoisotopic (exact) mass is 442 g/mol. The van der Waals surface area contributed by atoms with Gasteiger partial charge in [0.2, 0.25) is 0 Å². The molecule has 3 heterocycles. The first-order valence-electron chi connectivity index (χ1n) is 10.3. The van der Waals surface area contributed by atoms with Crippen LogP contribution in [0.5, 0.6) is 0 Å². The van der Waals surface area contributed by atoms with Crippen molar-refractivity contribution >= 4 is 35.5 Å². The first-order valence-corrected chi connectivity index (χ1v) is 11.1. The van der Waals surface area contributed by atoms with Crippen LogP contribution in [0.3, 0.4) is 0 Å². The lowest BCUT2D eigenvalue weighted by Gasteiger charge is -2.28. The van der Waals surface area contributed by atoms with Crippen molar-refractivity contribution in [2.24, 2.45) is 0 Å². The van der Waals surface area contributed by atoms with Crippen molar-refractivity contribution in [3.05, 3.63) is 47.8 Å². The largest absolute Gasteiger partial charge is 0.444 e. The molecule has 2 N–H and O–H groups in total. The number of aromatic nitrogens is 1. The lowest BCUT2D eigenvalue weighted by atomic mass is 10.1. The van der Waals surface area contributed by atoms with Gasteiger partial charge in [0.15, 0.2) is 0 Å². The lowest BCUT2D eigenvalue weighted by molar-refractivity contribution is 0.0225. The molecule has 2 aliphatic heterocycles. The summed E-state index contributed by atoms with van der Waals surface area (Å²) < 4.78 is 7.28. The molecule has 1 aromatic heterocycles. The molecule has 2 aromatic rings. The van der Waals surface area contributed by atoms with E-state index < -0.39 is 5.60 Å². The first kappa shape index (κ1) is 21.3. The molecule has 164 valence electrons. The number of nitrogens with zero attached hydrogens (tertiary/aromatic N) is 2. The second-order valence-electron chi connectivity index (χ2n) is 8.66. The maximum absolute atomic E-state index is 12.8. The zero-order valence-electron chi connectivity index (χ0n) is 17.8. The Morgan fingerprint density at radius 3 is 2.87 bits per heavy atom. The summed E-state index contributed by atoms with van der Waals surface area (Å²) in [6, 6.07) is 8.72. The van der Waals surface area contributed by atoms with E-state index in [0.29, 0.717) is 30.0 Å². The highest BCUT2D eigenvalue weighted by Crippen LogP contribution is 2.34. The smallest absolute Gasteiger partial charge is 0.410 e. The molecule has 31 heavy (non-hydrogen) atoms. The van der Waals surface area contributed by atoms with Crippen LogP contribution in [-0.2, 0) is 4.74 Å². The number of hydrogen-bond donors (Lipinski definition) is 2. The number of fused-ring (bicyclic) bond motifs is 2. The molecule has 0 bridgehead atoms. The quantitative estimate of drug-likeness (QED) is 0.756. The Kier molecular flexibility index (Phi) is 5.70. The first-order chi connectivity index (χ1) is 14.7. The number of carbonyl (C=O) groups excluding carboxylic acids is 3. The number of rotatable bonds is 3. The highest BCUT2D eigenvalue weighted by molar-refractivity contribution is 7.98. The van der Waals surface area contributed by atoms with E-state index in [9.17, 15) is 14.4 Å². The van der Waals surface area contributed by atoms with Gasteiger partial charge in [-0.15, -0.1) is 0 Å². The van der Waals surface area contributed by atoms with Crippen molar-refractivity contribution in [1.82, 2.24) is 14.2 Å². The van der Waals surface area contributed by atoms with Crippen molar-refractivity contribution in [3.8, 4) is 0 Å². The number of benzene rings is 1. The molecule has 1 fully saturated rings. The highest BCUT2D eigenvalue weighted by atomic mass is 32.2. The zero-order valence-corrected chi connectivity index (χ0v) is 18.6. The second kappa shape index (κ2) is 8.30. The van der Waals surface area contributed by atoms with E-state index in [0.717, 1.165) is 17.7 Å². The average Bonchev–Trinajstić information content (AvgIpc) is 3.33. The Labute approximate surface area is 185 Å². The molecule has 1 aromatic carbocycles. The van der Waals surface area contributed by atoms with Gasteiger partial charge in [0.05, 0.1) is 16.6 Å². The van der Waals surface area contributed by atoms with Crippen LogP contribution in [0.4, 0.5) is 10.5 Å². The molecule has 1 atom stereocenters. The van der Waals surface area contributed by atoms with Crippen molar-refractivity contribution in [2.75, 3.05) is 18.4 Å². The molecule has 1 unspecified atom stereocenters. The molecule has 3 amide bonds. The van der Waals surface area contributed by atoms with Crippen LogP contribution in [0.15, 0.2) is 41.4 Å². The van der Waals surface area contributed by atoms with Gasteiger partial charge >= 0.3 is 6.09 Å². The summed E-state index contributed by atoms with van der Waals surface area (Å²) in [5.74, 6) is -0.463. The molecule has 0 radical (unpaired) electrons. The third-order valence-corrected chi connectivity index (χ3v) is 6.20. The van der Waals surface area contributed by atoms with E-state index >= 15 is 0 Å². The number of hydrogen-bond acceptors (Lipinski definition) is 5. The second-order valence-corrected chi connectivity index (χ2v) is 9.67. The van der Waals surface area contributed by atoms with E-state index in [1.807, 2.05) is 39.1 Å². The predicted molar refractivity (Wildman–Crippen MR) is 118 cm³/mol. The number of ether oxygens (including phenoxy) is 1. The van der Waals surface area contributed by atoms with E-state index in [1.54, 1.807) is 27.1 Å². The van der Waals surface area contributed by atoms with E-state index in [-0.39, 0.29) is 23.9 Å². The summed E-state index contributed by atoms with van der Waals surface area (Å²) >= 11 is 1.42. The van der Waals surface area contributed by atoms with Gasteiger partial charge in [0.25, 0.3) is 11.8 Å². The minimum atomic E-state index is -0.557. The van der Waals surface area contributed by atoms with Gasteiger partial charge in [0.1, 0.15) is 11.3 Å². The number of nitrogens with one attached hydrogen (secondary N) is 2. The van der Waals surface area contributed by atoms with Gasteiger partial charge in [0, 0.05) is 24.8 Å². The number of likely N-dealkylation sites (tertiary alicyclic amines) is 1. The minimum absolute atomic E-state index is 0.0965. The summed E-state index contributed by atoms with van der Waals surface area (Å²) in [5, 5.41) is 5.79. The third-order valence-electron chi connectivity index (χ3n) is 5.14. The van der Waals surface area contributed by atoms with Crippen LogP contribution in [0.2, 0.25) is 0 Å². The summed E-state index contributed by atoms with van der Waals surface area (Å²) in [6.45, 7) is 6.48. The summed E-state index contributed by atoms with van der Waals surface area (Å²) in [4.78, 5) is 40.1. The van der Waals surface area contributed by atoms with Crippen LogP contribution in [0.25, 0.3) is 0 Å². The van der Waals surface area contributed by atoms with Crippen molar-refractivity contribution in [1.29, 1.82) is 0 Å². The molecule has 1 saturated heterocycles. The predicted octanol–water partition coefficient (Wildman–Crippen LogP) is 3.74. The fraction of sp³-hybridized carbons (Fsp3) is 0.409. The number of anilines is 1. The SMILES string of the molecule is CC(C)(C)OC(=O)N1CCCC1CNC(=O)c1ccc2c(c1)NC(=O)c1cccn1S2. The van der Waals surface area contributed by atoms with Gasteiger partial charge < -0.3 is 20.3 Å². The normalized spacial score (nSPS) is 18.0. The Bertz CT molecular complexity index is 1030. The van der Waals surface area contributed by atoms with Gasteiger partial charge in [-0.25, -0.2) is 4.79 Å². The molecule has 2 aliphatic rings. The molecular weight excluding hydrogens is 416 g/mol. The molecular formula is C22H26N4O4S. The molecule has 8 nitrogen and oxygen atoms in total. The standard InChI is InChI=1S/C22H26N4O4S/c1-22(2,3)30-21(29)25-10-4-6-15(25)13-23-19(27)14-8-9-18-16(12-14)24-20(28)17-7-5-11-26(17)31-18/h5,7-9,11-12,15H,4,6,10,13H2,1-3H3,(H,23,27)(H,24,28).